The van der Waals surface area contributed by atoms with Crippen molar-refractivity contribution in [3.05, 3.63) is 29.3 Å². The third-order valence-electron chi connectivity index (χ3n) is 4.31. The molecule has 0 amide bonds. The van der Waals surface area contributed by atoms with Crippen LogP contribution in [0.5, 0.6) is 5.75 Å². The van der Waals surface area contributed by atoms with E-state index in [1.165, 1.54) is 24.0 Å². The minimum Gasteiger partial charge on any atom is -0.496 e. The lowest BCUT2D eigenvalue weighted by Gasteiger charge is -2.23. The molecule has 1 aliphatic carbocycles. The Balaban J connectivity index is 2.27. The van der Waals surface area contributed by atoms with Crippen molar-refractivity contribution < 1.29 is 4.74 Å². The Bertz CT molecular complexity index is 436. The van der Waals surface area contributed by atoms with Gasteiger partial charge in [-0.25, -0.2) is 0 Å². The van der Waals surface area contributed by atoms with Crippen molar-refractivity contribution in [3.8, 4) is 5.75 Å². The topological polar surface area (TPSA) is 38.5 Å². The van der Waals surface area contributed by atoms with Gasteiger partial charge in [0.25, 0.3) is 0 Å². The molecule has 1 unspecified atom stereocenters. The van der Waals surface area contributed by atoms with E-state index in [-0.39, 0.29) is 11.5 Å². The van der Waals surface area contributed by atoms with Crippen LogP contribution in [0.25, 0.3) is 0 Å². The highest BCUT2D eigenvalue weighted by molar-refractivity contribution is 5.47. The first-order chi connectivity index (χ1) is 8.99. The average molecular weight is 262 g/mol. The third-order valence-corrected chi connectivity index (χ3v) is 4.31. The highest BCUT2D eigenvalue weighted by Gasteiger charge is 2.49. The van der Waals surface area contributed by atoms with Gasteiger partial charge in [-0.2, -0.15) is 0 Å². The standard InChI is InChI=1S/C16H26N2O/c1-12(17)16(8-9-16)14-11-13(7-10-18(2)3)5-6-15(14)19-4/h5-6,11-12H,7-10,17H2,1-4H3. The van der Waals surface area contributed by atoms with Crippen molar-refractivity contribution in [2.24, 2.45) is 5.73 Å². The molecule has 2 rings (SSSR count). The normalized spacial score (nSPS) is 18.4. The second-order valence-corrected chi connectivity index (χ2v) is 6.03. The van der Waals surface area contributed by atoms with Crippen molar-refractivity contribution in [2.75, 3.05) is 27.7 Å². The summed E-state index contributed by atoms with van der Waals surface area (Å²) in [5, 5.41) is 0. The highest BCUT2D eigenvalue weighted by atomic mass is 16.5. The molecule has 0 spiro atoms. The predicted octanol–water partition coefficient (Wildman–Crippen LogP) is 2.18. The van der Waals surface area contributed by atoms with E-state index in [0.29, 0.717) is 0 Å². The van der Waals surface area contributed by atoms with Gasteiger partial charge in [-0.05, 0) is 51.9 Å². The van der Waals surface area contributed by atoms with Gasteiger partial charge in [0, 0.05) is 23.6 Å². The van der Waals surface area contributed by atoms with Gasteiger partial charge in [0.05, 0.1) is 7.11 Å². The lowest BCUT2D eigenvalue weighted by Crippen LogP contribution is -2.32. The Morgan fingerprint density at radius 2 is 2.05 bits per heavy atom. The zero-order valence-electron chi connectivity index (χ0n) is 12.6. The number of hydrogen-bond donors (Lipinski definition) is 1. The Morgan fingerprint density at radius 1 is 1.37 bits per heavy atom. The maximum absolute atomic E-state index is 6.20. The molecule has 3 nitrogen and oxygen atoms in total. The van der Waals surface area contributed by atoms with Gasteiger partial charge in [0.15, 0.2) is 0 Å². The van der Waals surface area contributed by atoms with E-state index in [1.807, 2.05) is 0 Å². The highest BCUT2D eigenvalue weighted by Crippen LogP contribution is 2.53. The first-order valence-electron chi connectivity index (χ1n) is 7.07. The second kappa shape index (κ2) is 5.51. The van der Waals surface area contributed by atoms with E-state index in [0.717, 1.165) is 18.7 Å². The molecule has 1 aliphatic rings. The number of nitrogens with zero attached hydrogens (tertiary/aromatic N) is 1. The smallest absolute Gasteiger partial charge is 0.122 e. The fourth-order valence-electron chi connectivity index (χ4n) is 2.76. The molecule has 0 aliphatic heterocycles. The van der Waals surface area contributed by atoms with E-state index in [9.17, 15) is 0 Å². The van der Waals surface area contributed by atoms with Gasteiger partial charge >= 0.3 is 0 Å². The maximum atomic E-state index is 6.20. The molecule has 0 bridgehead atoms. The molecule has 19 heavy (non-hydrogen) atoms. The summed E-state index contributed by atoms with van der Waals surface area (Å²) in [6.07, 6.45) is 3.43. The fourth-order valence-corrected chi connectivity index (χ4v) is 2.76. The Kier molecular flexibility index (Phi) is 4.16. The van der Waals surface area contributed by atoms with Crippen molar-refractivity contribution in [2.45, 2.75) is 37.6 Å². The van der Waals surface area contributed by atoms with Gasteiger partial charge in [-0.3, -0.25) is 0 Å². The molecule has 1 fully saturated rings. The maximum Gasteiger partial charge on any atom is 0.122 e. The predicted molar refractivity (Wildman–Crippen MR) is 79.8 cm³/mol. The van der Waals surface area contributed by atoms with Crippen LogP contribution in [0.1, 0.15) is 30.9 Å². The number of rotatable bonds is 6. The minimum atomic E-state index is 0.152. The van der Waals surface area contributed by atoms with Crippen LogP contribution >= 0.6 is 0 Å². The fraction of sp³-hybridized carbons (Fsp3) is 0.625. The Hall–Kier alpha value is -1.06. The zero-order chi connectivity index (χ0) is 14.0. The van der Waals surface area contributed by atoms with Crippen LogP contribution < -0.4 is 10.5 Å². The van der Waals surface area contributed by atoms with Gasteiger partial charge in [0.1, 0.15) is 5.75 Å². The first-order valence-corrected chi connectivity index (χ1v) is 7.07. The summed E-state index contributed by atoms with van der Waals surface area (Å²) in [7, 11) is 5.96. The van der Waals surface area contributed by atoms with Crippen LogP contribution in [0.3, 0.4) is 0 Å². The summed E-state index contributed by atoms with van der Waals surface area (Å²) in [5.74, 6) is 0.989. The Morgan fingerprint density at radius 3 is 2.53 bits per heavy atom. The number of likely N-dealkylation sites (N-methyl/N-ethyl adjacent to an activating group) is 1. The molecule has 0 aromatic heterocycles. The van der Waals surface area contributed by atoms with E-state index in [1.54, 1.807) is 7.11 Å². The SMILES string of the molecule is COc1ccc(CCN(C)C)cc1C1(C(C)N)CC1. The summed E-state index contributed by atoms with van der Waals surface area (Å²) in [6, 6.07) is 6.76. The quantitative estimate of drug-likeness (QED) is 0.854. The van der Waals surface area contributed by atoms with Crippen LogP contribution in [0.2, 0.25) is 0 Å². The van der Waals surface area contributed by atoms with Gasteiger partial charge in [-0.1, -0.05) is 12.1 Å². The van der Waals surface area contributed by atoms with Crippen LogP contribution in [-0.4, -0.2) is 38.7 Å². The summed E-state index contributed by atoms with van der Waals surface area (Å²) in [5.41, 5.74) is 9.03. The van der Waals surface area contributed by atoms with E-state index in [2.05, 4.69) is 44.1 Å². The molecule has 0 radical (unpaired) electrons. The summed E-state index contributed by atoms with van der Waals surface area (Å²) >= 11 is 0. The molecule has 1 atom stereocenters. The number of hydrogen-bond acceptors (Lipinski definition) is 3. The Labute approximate surface area is 116 Å². The van der Waals surface area contributed by atoms with Crippen LogP contribution in [0.4, 0.5) is 0 Å². The molecule has 1 aromatic rings. The van der Waals surface area contributed by atoms with Crippen LogP contribution in [0.15, 0.2) is 18.2 Å². The van der Waals surface area contributed by atoms with Crippen molar-refractivity contribution >= 4 is 0 Å². The largest absolute Gasteiger partial charge is 0.496 e. The zero-order valence-corrected chi connectivity index (χ0v) is 12.6. The summed E-state index contributed by atoms with van der Waals surface area (Å²) in [4.78, 5) is 2.21. The first kappa shape index (κ1) is 14.4. The molecule has 0 heterocycles. The van der Waals surface area contributed by atoms with Gasteiger partial charge in [0.2, 0.25) is 0 Å². The number of nitrogens with two attached hydrogens (primary N) is 1. The van der Waals surface area contributed by atoms with E-state index in [4.69, 9.17) is 10.5 Å². The monoisotopic (exact) mass is 262 g/mol. The lowest BCUT2D eigenvalue weighted by molar-refractivity contribution is 0.397. The summed E-state index contributed by atoms with van der Waals surface area (Å²) in [6.45, 7) is 3.18. The molecule has 3 heteroatoms. The molecular formula is C16H26N2O. The molecule has 2 N–H and O–H groups in total. The van der Waals surface area contributed by atoms with Crippen molar-refractivity contribution in [3.63, 3.8) is 0 Å². The van der Waals surface area contributed by atoms with Gasteiger partial charge < -0.3 is 15.4 Å². The van der Waals surface area contributed by atoms with E-state index < -0.39 is 0 Å². The third kappa shape index (κ3) is 2.93. The van der Waals surface area contributed by atoms with Crippen LogP contribution in [-0.2, 0) is 11.8 Å². The van der Waals surface area contributed by atoms with E-state index >= 15 is 0 Å². The van der Waals surface area contributed by atoms with Crippen molar-refractivity contribution in [1.82, 2.24) is 4.90 Å². The molecular weight excluding hydrogens is 236 g/mol. The number of ether oxygens (including phenoxy) is 1. The van der Waals surface area contributed by atoms with Crippen molar-refractivity contribution in [1.29, 1.82) is 0 Å². The molecule has 106 valence electrons. The molecule has 1 saturated carbocycles. The number of methoxy groups -OCH3 is 1. The summed E-state index contributed by atoms with van der Waals surface area (Å²) < 4.78 is 5.54. The number of benzene rings is 1. The minimum absolute atomic E-state index is 0.152. The van der Waals surface area contributed by atoms with Gasteiger partial charge in [-0.15, -0.1) is 0 Å². The average Bonchev–Trinajstić information content (AvgIpc) is 3.17. The van der Waals surface area contributed by atoms with Crippen LogP contribution in [0, 0.1) is 0 Å². The lowest BCUT2D eigenvalue weighted by atomic mass is 9.87. The second-order valence-electron chi connectivity index (χ2n) is 6.03. The molecule has 0 saturated heterocycles. The molecule has 1 aromatic carbocycles.